The van der Waals surface area contributed by atoms with Crippen LogP contribution in [-0.2, 0) is 6.54 Å². The highest BCUT2D eigenvalue weighted by Gasteiger charge is 1.99. The Balaban J connectivity index is 0.000000980. The molecule has 1 heterocycles. The second-order valence-electron chi connectivity index (χ2n) is 3.04. The standard InChI is InChI=1S/C10H12N2O.ClH/c11-4-6-12-5-3-8-7-9(13)1-2-10(8)12;/h1-3,5,7,13H,4,6,11H2;1H. The van der Waals surface area contributed by atoms with Crippen LogP contribution in [0.25, 0.3) is 10.9 Å². The summed E-state index contributed by atoms with van der Waals surface area (Å²) >= 11 is 0. The van der Waals surface area contributed by atoms with Gasteiger partial charge in [0.1, 0.15) is 5.75 Å². The van der Waals surface area contributed by atoms with Crippen molar-refractivity contribution in [2.45, 2.75) is 6.54 Å². The van der Waals surface area contributed by atoms with E-state index in [1.54, 1.807) is 12.1 Å². The molecule has 0 atom stereocenters. The minimum Gasteiger partial charge on any atom is -0.508 e. The topological polar surface area (TPSA) is 51.2 Å². The first-order valence-electron chi connectivity index (χ1n) is 4.29. The highest BCUT2D eigenvalue weighted by molar-refractivity contribution is 5.85. The Morgan fingerprint density at radius 2 is 2.07 bits per heavy atom. The maximum atomic E-state index is 9.24. The summed E-state index contributed by atoms with van der Waals surface area (Å²) in [6, 6.07) is 7.32. The molecule has 0 aliphatic heterocycles. The van der Waals surface area contributed by atoms with Crippen LogP contribution in [0.5, 0.6) is 5.75 Å². The summed E-state index contributed by atoms with van der Waals surface area (Å²) in [5, 5.41) is 10.3. The molecule has 4 heteroatoms. The zero-order valence-electron chi connectivity index (χ0n) is 7.68. The van der Waals surface area contributed by atoms with Gasteiger partial charge in [0.05, 0.1) is 0 Å². The van der Waals surface area contributed by atoms with Crippen LogP contribution in [-0.4, -0.2) is 16.2 Å². The van der Waals surface area contributed by atoms with Crippen molar-refractivity contribution in [3.05, 3.63) is 30.5 Å². The van der Waals surface area contributed by atoms with E-state index in [0.717, 1.165) is 17.4 Å². The summed E-state index contributed by atoms with van der Waals surface area (Å²) in [5.74, 6) is 0.304. The maximum Gasteiger partial charge on any atom is 0.116 e. The van der Waals surface area contributed by atoms with Crippen molar-refractivity contribution in [1.82, 2.24) is 4.57 Å². The molecule has 0 saturated carbocycles. The molecule has 2 aromatic rings. The number of hydrogen-bond donors (Lipinski definition) is 2. The molecule has 1 aromatic heterocycles. The van der Waals surface area contributed by atoms with Gasteiger partial charge in [-0.15, -0.1) is 12.4 Å². The molecule has 14 heavy (non-hydrogen) atoms. The Labute approximate surface area is 88.5 Å². The van der Waals surface area contributed by atoms with E-state index in [-0.39, 0.29) is 12.4 Å². The third kappa shape index (κ3) is 1.84. The molecule has 76 valence electrons. The molecule has 0 saturated heterocycles. The van der Waals surface area contributed by atoms with Gasteiger partial charge < -0.3 is 15.4 Å². The molecule has 0 radical (unpaired) electrons. The van der Waals surface area contributed by atoms with Crippen molar-refractivity contribution in [3.63, 3.8) is 0 Å². The fraction of sp³-hybridized carbons (Fsp3) is 0.200. The number of fused-ring (bicyclic) bond motifs is 1. The smallest absolute Gasteiger partial charge is 0.116 e. The number of aromatic hydroxyl groups is 1. The van der Waals surface area contributed by atoms with Gasteiger partial charge in [0.25, 0.3) is 0 Å². The normalized spacial score (nSPS) is 10.1. The van der Waals surface area contributed by atoms with E-state index in [0.29, 0.717) is 12.3 Å². The predicted octanol–water partition coefficient (Wildman–Crippen LogP) is 1.73. The molecule has 0 amide bonds. The molecule has 0 unspecified atom stereocenters. The number of benzene rings is 1. The van der Waals surface area contributed by atoms with E-state index in [2.05, 4.69) is 4.57 Å². The first kappa shape index (κ1) is 10.9. The van der Waals surface area contributed by atoms with E-state index in [4.69, 9.17) is 5.73 Å². The van der Waals surface area contributed by atoms with Crippen LogP contribution in [0.4, 0.5) is 0 Å². The lowest BCUT2D eigenvalue weighted by molar-refractivity contribution is 0.476. The highest BCUT2D eigenvalue weighted by atomic mass is 35.5. The monoisotopic (exact) mass is 212 g/mol. The SMILES string of the molecule is Cl.NCCn1ccc2cc(O)ccc21. The molecule has 0 aliphatic carbocycles. The second kappa shape index (κ2) is 4.35. The summed E-state index contributed by atoms with van der Waals surface area (Å²) < 4.78 is 2.08. The Hall–Kier alpha value is -1.19. The lowest BCUT2D eigenvalue weighted by atomic mass is 10.2. The molecular weight excluding hydrogens is 200 g/mol. The van der Waals surface area contributed by atoms with Crippen LogP contribution in [0, 0.1) is 0 Å². The molecule has 0 fully saturated rings. The molecule has 1 aromatic carbocycles. The van der Waals surface area contributed by atoms with Crippen LogP contribution in [0.1, 0.15) is 0 Å². The van der Waals surface area contributed by atoms with Gasteiger partial charge in [-0.05, 0) is 24.3 Å². The fourth-order valence-corrected chi connectivity index (χ4v) is 1.52. The van der Waals surface area contributed by atoms with Crippen molar-refractivity contribution in [1.29, 1.82) is 0 Å². The van der Waals surface area contributed by atoms with Gasteiger partial charge in [0.2, 0.25) is 0 Å². The quantitative estimate of drug-likeness (QED) is 0.797. The lowest BCUT2D eigenvalue weighted by Crippen LogP contribution is -2.08. The van der Waals surface area contributed by atoms with Crippen molar-refractivity contribution in [2.24, 2.45) is 5.73 Å². The zero-order chi connectivity index (χ0) is 9.26. The highest BCUT2D eigenvalue weighted by Crippen LogP contribution is 2.20. The molecule has 0 aliphatic rings. The number of phenolic OH excluding ortho intramolecular Hbond substituents is 1. The number of halogens is 1. The lowest BCUT2D eigenvalue weighted by Gasteiger charge is -2.02. The summed E-state index contributed by atoms with van der Waals surface area (Å²) in [4.78, 5) is 0. The van der Waals surface area contributed by atoms with Crippen molar-refractivity contribution < 1.29 is 5.11 Å². The Kier molecular flexibility index (Phi) is 3.38. The van der Waals surface area contributed by atoms with E-state index in [1.165, 1.54) is 0 Å². The van der Waals surface area contributed by atoms with Crippen LogP contribution >= 0.6 is 12.4 Å². The molecule has 0 bridgehead atoms. The van der Waals surface area contributed by atoms with Gasteiger partial charge >= 0.3 is 0 Å². The minimum atomic E-state index is 0. The molecule has 3 N–H and O–H groups in total. The number of aromatic nitrogens is 1. The van der Waals surface area contributed by atoms with Crippen LogP contribution in [0.3, 0.4) is 0 Å². The first-order chi connectivity index (χ1) is 6.31. The number of hydrogen-bond acceptors (Lipinski definition) is 2. The average molecular weight is 213 g/mol. The number of rotatable bonds is 2. The largest absolute Gasteiger partial charge is 0.508 e. The summed E-state index contributed by atoms with van der Waals surface area (Å²) in [5.41, 5.74) is 6.58. The first-order valence-corrected chi connectivity index (χ1v) is 4.29. The fourth-order valence-electron chi connectivity index (χ4n) is 1.52. The summed E-state index contributed by atoms with van der Waals surface area (Å²) in [6.45, 7) is 1.44. The average Bonchev–Trinajstić information content (AvgIpc) is 2.49. The van der Waals surface area contributed by atoms with Gasteiger partial charge in [-0.2, -0.15) is 0 Å². The van der Waals surface area contributed by atoms with Gasteiger partial charge in [-0.1, -0.05) is 0 Å². The molecule has 0 spiro atoms. The molecular formula is C10H13ClN2O. The third-order valence-corrected chi connectivity index (χ3v) is 2.12. The van der Waals surface area contributed by atoms with Gasteiger partial charge in [-0.25, -0.2) is 0 Å². The van der Waals surface area contributed by atoms with Gasteiger partial charge in [0, 0.05) is 30.2 Å². The maximum absolute atomic E-state index is 9.24. The molecule has 3 nitrogen and oxygen atoms in total. The summed E-state index contributed by atoms with van der Waals surface area (Å²) in [6.07, 6.45) is 1.98. The number of phenols is 1. The van der Waals surface area contributed by atoms with Crippen molar-refractivity contribution >= 4 is 23.3 Å². The minimum absolute atomic E-state index is 0. The van der Waals surface area contributed by atoms with E-state index < -0.39 is 0 Å². The van der Waals surface area contributed by atoms with E-state index in [1.807, 2.05) is 18.3 Å². The number of nitrogens with two attached hydrogens (primary N) is 1. The van der Waals surface area contributed by atoms with Crippen LogP contribution in [0.15, 0.2) is 30.5 Å². The van der Waals surface area contributed by atoms with Gasteiger partial charge in [-0.3, -0.25) is 0 Å². The third-order valence-electron chi connectivity index (χ3n) is 2.12. The van der Waals surface area contributed by atoms with Gasteiger partial charge in [0.15, 0.2) is 0 Å². The van der Waals surface area contributed by atoms with Crippen molar-refractivity contribution in [2.75, 3.05) is 6.54 Å². The van der Waals surface area contributed by atoms with E-state index in [9.17, 15) is 5.11 Å². The second-order valence-corrected chi connectivity index (χ2v) is 3.04. The molecule has 2 rings (SSSR count). The van der Waals surface area contributed by atoms with Crippen molar-refractivity contribution in [3.8, 4) is 5.75 Å². The Bertz CT molecular complexity index is 425. The number of nitrogens with zero attached hydrogens (tertiary/aromatic N) is 1. The van der Waals surface area contributed by atoms with E-state index >= 15 is 0 Å². The predicted molar refractivity (Wildman–Crippen MR) is 59.9 cm³/mol. The zero-order valence-corrected chi connectivity index (χ0v) is 8.50. The Morgan fingerprint density at radius 1 is 1.29 bits per heavy atom. The Morgan fingerprint density at radius 3 is 2.79 bits per heavy atom. The van der Waals surface area contributed by atoms with Crippen LogP contribution in [0.2, 0.25) is 0 Å². The van der Waals surface area contributed by atoms with Crippen LogP contribution < -0.4 is 5.73 Å². The summed E-state index contributed by atoms with van der Waals surface area (Å²) in [7, 11) is 0.